The third-order valence-electron chi connectivity index (χ3n) is 1.88. The van der Waals surface area contributed by atoms with Crippen LogP contribution in [0, 0.1) is 10.1 Å². The molecule has 0 bridgehead atoms. The standard InChI is InChI=1S/C11H13NO3.CH3NO2/c1-15-10(13)7-8-12-11(14)9-5-3-2-4-6-9;1-2(3)4/h2-6H,7-8H2,1H3,(H,12,14);1H3. The van der Waals surface area contributed by atoms with Crippen LogP contribution in [-0.4, -0.2) is 37.5 Å². The summed E-state index contributed by atoms with van der Waals surface area (Å²) in [7, 11) is 2.21. The Morgan fingerprint density at radius 3 is 2.32 bits per heavy atom. The van der Waals surface area contributed by atoms with Crippen molar-refractivity contribution in [2.45, 2.75) is 6.42 Å². The Labute approximate surface area is 110 Å². The van der Waals surface area contributed by atoms with Gasteiger partial charge in [-0.25, -0.2) is 0 Å². The number of amides is 1. The molecule has 1 amide bonds. The van der Waals surface area contributed by atoms with Crippen molar-refractivity contribution in [3.8, 4) is 0 Å². The van der Waals surface area contributed by atoms with Crippen molar-refractivity contribution >= 4 is 11.9 Å². The Bertz CT molecular complexity index is 415. The fourth-order valence-electron chi connectivity index (χ4n) is 1.07. The third-order valence-corrected chi connectivity index (χ3v) is 1.88. The molecule has 7 nitrogen and oxygen atoms in total. The zero-order valence-electron chi connectivity index (χ0n) is 10.8. The lowest BCUT2D eigenvalue weighted by Gasteiger charge is -2.03. The highest BCUT2D eigenvalue weighted by Crippen LogP contribution is 1.97. The topological polar surface area (TPSA) is 98.5 Å². The Morgan fingerprint density at radius 2 is 1.84 bits per heavy atom. The van der Waals surface area contributed by atoms with Crippen LogP contribution in [-0.2, 0) is 9.53 Å². The molecule has 0 spiro atoms. The molecule has 7 heteroatoms. The summed E-state index contributed by atoms with van der Waals surface area (Å²) in [5.41, 5.74) is 0.586. The maximum absolute atomic E-state index is 11.5. The van der Waals surface area contributed by atoms with E-state index >= 15 is 0 Å². The van der Waals surface area contributed by atoms with Crippen LogP contribution >= 0.6 is 0 Å². The van der Waals surface area contributed by atoms with Gasteiger partial charge in [-0.05, 0) is 12.1 Å². The number of hydrogen-bond donors (Lipinski definition) is 1. The zero-order valence-corrected chi connectivity index (χ0v) is 10.8. The van der Waals surface area contributed by atoms with Gasteiger partial charge in [-0.1, -0.05) is 18.2 Å². The van der Waals surface area contributed by atoms with E-state index in [1.807, 2.05) is 6.07 Å². The van der Waals surface area contributed by atoms with Crippen LogP contribution in [0.25, 0.3) is 0 Å². The van der Waals surface area contributed by atoms with Gasteiger partial charge in [0.1, 0.15) is 0 Å². The molecule has 1 aromatic rings. The number of carbonyl (C=O) groups excluding carboxylic acids is 2. The summed E-state index contributed by atoms with van der Waals surface area (Å²) < 4.78 is 4.45. The molecular formula is C12H16N2O5. The highest BCUT2D eigenvalue weighted by atomic mass is 16.6. The van der Waals surface area contributed by atoms with Crippen LogP contribution < -0.4 is 5.32 Å². The molecule has 1 N–H and O–H groups in total. The number of rotatable bonds is 4. The summed E-state index contributed by atoms with van der Waals surface area (Å²) in [4.78, 5) is 30.5. The van der Waals surface area contributed by atoms with Crippen molar-refractivity contribution in [3.05, 3.63) is 46.0 Å². The number of carbonyl (C=O) groups is 2. The number of nitrogens with zero attached hydrogens (tertiary/aromatic N) is 1. The first-order chi connectivity index (χ1) is 8.97. The maximum atomic E-state index is 11.5. The normalized spacial score (nSPS) is 8.74. The molecule has 0 fully saturated rings. The molecule has 0 saturated carbocycles. The lowest BCUT2D eigenvalue weighted by molar-refractivity contribution is -0.445. The number of methoxy groups -OCH3 is 1. The smallest absolute Gasteiger partial charge is 0.307 e. The fourth-order valence-corrected chi connectivity index (χ4v) is 1.07. The minimum atomic E-state index is -0.500. The van der Waals surface area contributed by atoms with Gasteiger partial charge in [0.2, 0.25) is 0 Å². The molecule has 0 aliphatic carbocycles. The largest absolute Gasteiger partial charge is 0.469 e. The molecule has 0 aliphatic heterocycles. The van der Waals surface area contributed by atoms with Gasteiger partial charge in [0.05, 0.1) is 13.5 Å². The minimum absolute atomic E-state index is 0.181. The summed E-state index contributed by atoms with van der Waals surface area (Å²) in [5, 5.41) is 11.4. The number of esters is 1. The molecule has 0 radical (unpaired) electrons. The van der Waals surface area contributed by atoms with E-state index < -0.39 is 4.92 Å². The Hall–Kier alpha value is -2.44. The molecule has 0 aliphatic rings. The molecule has 1 aromatic carbocycles. The summed E-state index contributed by atoms with van der Waals surface area (Å²) in [6, 6.07) is 8.84. The van der Waals surface area contributed by atoms with Gasteiger partial charge in [-0.15, -0.1) is 0 Å². The van der Waals surface area contributed by atoms with E-state index in [1.165, 1.54) is 7.11 Å². The Kier molecular flexibility index (Phi) is 8.35. The van der Waals surface area contributed by atoms with E-state index in [4.69, 9.17) is 10.1 Å². The molecule has 1 rings (SSSR count). The number of benzene rings is 1. The van der Waals surface area contributed by atoms with E-state index in [2.05, 4.69) is 10.1 Å². The number of hydrogen-bond acceptors (Lipinski definition) is 5. The molecule has 104 valence electrons. The van der Waals surface area contributed by atoms with Crippen molar-refractivity contribution in [3.63, 3.8) is 0 Å². The molecule has 0 heterocycles. The second kappa shape index (κ2) is 9.58. The summed E-state index contributed by atoms with van der Waals surface area (Å²) in [6.07, 6.45) is 0.190. The molecular weight excluding hydrogens is 252 g/mol. The van der Waals surface area contributed by atoms with Crippen molar-refractivity contribution in [1.29, 1.82) is 0 Å². The maximum Gasteiger partial charge on any atom is 0.307 e. The highest BCUT2D eigenvalue weighted by Gasteiger charge is 2.05. The summed E-state index contributed by atoms with van der Waals surface area (Å²) in [6.45, 7) is 0.292. The second-order valence-corrected chi connectivity index (χ2v) is 3.39. The molecule has 19 heavy (non-hydrogen) atoms. The monoisotopic (exact) mass is 268 g/mol. The van der Waals surface area contributed by atoms with Crippen molar-refractivity contribution in [2.24, 2.45) is 0 Å². The Balaban J connectivity index is 0.000000711. The minimum Gasteiger partial charge on any atom is -0.469 e. The van der Waals surface area contributed by atoms with Gasteiger partial charge in [-0.3, -0.25) is 19.7 Å². The van der Waals surface area contributed by atoms with Gasteiger partial charge >= 0.3 is 5.97 Å². The predicted octanol–water partition coefficient (Wildman–Crippen LogP) is 0.872. The lowest BCUT2D eigenvalue weighted by Crippen LogP contribution is -2.26. The number of ether oxygens (including phenoxy) is 1. The number of nitrogens with one attached hydrogen (secondary N) is 1. The SMILES string of the molecule is COC(=O)CCNC(=O)c1ccccc1.C[N+](=O)[O-]. The number of nitro groups is 1. The van der Waals surface area contributed by atoms with Crippen molar-refractivity contribution in [2.75, 3.05) is 20.7 Å². The van der Waals surface area contributed by atoms with Crippen LogP contribution in [0.3, 0.4) is 0 Å². The quantitative estimate of drug-likeness (QED) is 0.496. The first kappa shape index (κ1) is 16.6. The molecule has 0 saturated heterocycles. The van der Waals surface area contributed by atoms with Gasteiger partial charge in [0, 0.05) is 17.0 Å². The third kappa shape index (κ3) is 9.28. The molecule has 0 unspecified atom stereocenters. The van der Waals surface area contributed by atoms with E-state index in [0.29, 0.717) is 12.1 Å². The second-order valence-electron chi connectivity index (χ2n) is 3.39. The van der Waals surface area contributed by atoms with Gasteiger partial charge in [-0.2, -0.15) is 0 Å². The van der Waals surface area contributed by atoms with Crippen molar-refractivity contribution in [1.82, 2.24) is 5.32 Å². The van der Waals surface area contributed by atoms with E-state index in [9.17, 15) is 9.59 Å². The Morgan fingerprint density at radius 1 is 1.32 bits per heavy atom. The first-order valence-corrected chi connectivity index (χ1v) is 5.45. The van der Waals surface area contributed by atoms with Gasteiger partial charge < -0.3 is 10.1 Å². The fraction of sp³-hybridized carbons (Fsp3) is 0.333. The molecule has 0 atom stereocenters. The van der Waals surface area contributed by atoms with E-state index in [-0.39, 0.29) is 18.3 Å². The van der Waals surface area contributed by atoms with Crippen LogP contribution in [0.2, 0.25) is 0 Å². The average molecular weight is 268 g/mol. The summed E-state index contributed by atoms with van der Waals surface area (Å²) in [5.74, 6) is -0.511. The first-order valence-electron chi connectivity index (χ1n) is 5.45. The van der Waals surface area contributed by atoms with Crippen LogP contribution in [0.1, 0.15) is 16.8 Å². The predicted molar refractivity (Wildman–Crippen MR) is 68.3 cm³/mol. The van der Waals surface area contributed by atoms with Crippen LogP contribution in [0.4, 0.5) is 0 Å². The highest BCUT2D eigenvalue weighted by molar-refractivity contribution is 5.94. The van der Waals surface area contributed by atoms with Crippen LogP contribution in [0.5, 0.6) is 0 Å². The van der Waals surface area contributed by atoms with E-state index in [1.54, 1.807) is 24.3 Å². The van der Waals surface area contributed by atoms with Gasteiger partial charge in [0.15, 0.2) is 7.05 Å². The lowest BCUT2D eigenvalue weighted by atomic mass is 10.2. The van der Waals surface area contributed by atoms with Crippen molar-refractivity contribution < 1.29 is 19.2 Å². The summed E-state index contributed by atoms with van der Waals surface area (Å²) >= 11 is 0. The average Bonchev–Trinajstić information content (AvgIpc) is 2.38. The van der Waals surface area contributed by atoms with E-state index in [0.717, 1.165) is 7.05 Å². The zero-order chi connectivity index (χ0) is 14.7. The van der Waals surface area contributed by atoms with Gasteiger partial charge in [0.25, 0.3) is 5.91 Å². The van der Waals surface area contributed by atoms with Crippen LogP contribution in [0.15, 0.2) is 30.3 Å². The molecule has 0 aromatic heterocycles.